The van der Waals surface area contributed by atoms with Crippen molar-refractivity contribution < 1.29 is 23.0 Å². The fraction of sp³-hybridized carbons (Fsp3) is 0.133. The molecule has 0 bridgehead atoms. The molecular formula is C15H11ClF3NO2S. The minimum Gasteiger partial charge on any atom is -0.506 e. The second-order valence-corrected chi connectivity index (χ2v) is 5.37. The van der Waals surface area contributed by atoms with Crippen LogP contribution in [0.2, 0.25) is 5.02 Å². The van der Waals surface area contributed by atoms with E-state index in [4.69, 9.17) is 28.6 Å². The van der Waals surface area contributed by atoms with Gasteiger partial charge in [0.05, 0.1) is 23.9 Å². The number of hydrogen-bond donors (Lipinski definition) is 2. The Labute approximate surface area is 140 Å². The molecule has 0 aliphatic carbocycles. The fourth-order valence-electron chi connectivity index (χ4n) is 1.86. The lowest BCUT2D eigenvalue weighted by Gasteiger charge is -2.14. The Morgan fingerprint density at radius 1 is 1.22 bits per heavy atom. The van der Waals surface area contributed by atoms with Gasteiger partial charge in [-0.25, -0.2) is 0 Å². The SMILES string of the molecule is COc1ccc(Cl)cc1C(=S)Nc1ccc(C(F)(F)F)cc1O. The van der Waals surface area contributed by atoms with Crippen LogP contribution in [0.1, 0.15) is 11.1 Å². The second-order valence-electron chi connectivity index (χ2n) is 4.53. The highest BCUT2D eigenvalue weighted by Gasteiger charge is 2.31. The number of halogens is 4. The predicted octanol–water partition coefficient (Wildman–Crippen LogP) is 4.86. The molecule has 0 spiro atoms. The van der Waals surface area contributed by atoms with Crippen molar-refractivity contribution in [2.24, 2.45) is 0 Å². The minimum atomic E-state index is -4.54. The molecule has 0 saturated carbocycles. The van der Waals surface area contributed by atoms with E-state index in [1.54, 1.807) is 18.2 Å². The molecular weight excluding hydrogens is 351 g/mol. The highest BCUT2D eigenvalue weighted by molar-refractivity contribution is 7.81. The van der Waals surface area contributed by atoms with Crippen molar-refractivity contribution in [1.29, 1.82) is 0 Å². The quantitative estimate of drug-likeness (QED) is 0.605. The zero-order chi connectivity index (χ0) is 17.2. The van der Waals surface area contributed by atoms with E-state index in [0.717, 1.165) is 12.1 Å². The van der Waals surface area contributed by atoms with Crippen molar-refractivity contribution in [1.82, 2.24) is 0 Å². The molecule has 2 aromatic carbocycles. The summed E-state index contributed by atoms with van der Waals surface area (Å²) >= 11 is 11.1. The molecule has 0 unspecified atom stereocenters. The molecule has 122 valence electrons. The van der Waals surface area contributed by atoms with Gasteiger partial charge in [-0.3, -0.25) is 0 Å². The number of anilines is 1. The first kappa shape index (κ1) is 17.4. The van der Waals surface area contributed by atoms with Crippen LogP contribution in [-0.4, -0.2) is 17.2 Å². The van der Waals surface area contributed by atoms with Gasteiger partial charge in [-0.1, -0.05) is 23.8 Å². The first-order valence-corrected chi connectivity index (χ1v) is 7.06. The van der Waals surface area contributed by atoms with Gasteiger partial charge in [0.2, 0.25) is 0 Å². The van der Waals surface area contributed by atoms with Crippen LogP contribution in [0, 0.1) is 0 Å². The van der Waals surface area contributed by atoms with Gasteiger partial charge in [0.15, 0.2) is 0 Å². The number of nitrogens with one attached hydrogen (secondary N) is 1. The van der Waals surface area contributed by atoms with E-state index in [9.17, 15) is 18.3 Å². The van der Waals surface area contributed by atoms with Crippen LogP contribution in [0.15, 0.2) is 36.4 Å². The first-order valence-electron chi connectivity index (χ1n) is 6.27. The van der Waals surface area contributed by atoms with E-state index in [-0.39, 0.29) is 10.7 Å². The third-order valence-electron chi connectivity index (χ3n) is 2.98. The fourth-order valence-corrected chi connectivity index (χ4v) is 2.30. The van der Waals surface area contributed by atoms with Crippen LogP contribution in [-0.2, 0) is 6.18 Å². The van der Waals surface area contributed by atoms with Crippen molar-refractivity contribution in [2.45, 2.75) is 6.18 Å². The van der Waals surface area contributed by atoms with E-state index in [1.165, 1.54) is 7.11 Å². The van der Waals surface area contributed by atoms with Crippen molar-refractivity contribution in [3.05, 3.63) is 52.5 Å². The summed E-state index contributed by atoms with van der Waals surface area (Å²) < 4.78 is 42.9. The molecule has 8 heteroatoms. The average Bonchev–Trinajstić information content (AvgIpc) is 2.48. The number of benzene rings is 2. The number of rotatable bonds is 3. The Kier molecular flexibility index (Phi) is 5.01. The molecule has 0 aromatic heterocycles. The molecule has 23 heavy (non-hydrogen) atoms. The minimum absolute atomic E-state index is 0.0463. The predicted molar refractivity (Wildman–Crippen MR) is 86.4 cm³/mol. The van der Waals surface area contributed by atoms with Crippen LogP contribution in [0.5, 0.6) is 11.5 Å². The topological polar surface area (TPSA) is 41.5 Å². The van der Waals surface area contributed by atoms with Crippen LogP contribution in [0.3, 0.4) is 0 Å². The van der Waals surface area contributed by atoms with Gasteiger partial charge in [0, 0.05) is 5.02 Å². The molecule has 3 nitrogen and oxygen atoms in total. The van der Waals surface area contributed by atoms with E-state index in [1.807, 2.05) is 0 Å². The zero-order valence-electron chi connectivity index (χ0n) is 11.7. The van der Waals surface area contributed by atoms with Crippen molar-refractivity contribution in [3.63, 3.8) is 0 Å². The van der Waals surface area contributed by atoms with Crippen LogP contribution in [0.4, 0.5) is 18.9 Å². The second kappa shape index (κ2) is 6.64. The van der Waals surface area contributed by atoms with Gasteiger partial charge in [-0.15, -0.1) is 0 Å². The van der Waals surface area contributed by atoms with Crippen LogP contribution in [0.25, 0.3) is 0 Å². The van der Waals surface area contributed by atoms with Crippen molar-refractivity contribution >= 4 is 34.5 Å². The summed E-state index contributed by atoms with van der Waals surface area (Å²) in [5, 5.41) is 12.9. The van der Waals surface area contributed by atoms with Crippen LogP contribution < -0.4 is 10.1 Å². The van der Waals surface area contributed by atoms with Gasteiger partial charge in [-0.2, -0.15) is 13.2 Å². The summed E-state index contributed by atoms with van der Waals surface area (Å²) in [7, 11) is 1.45. The number of ether oxygens (including phenoxy) is 1. The molecule has 2 rings (SSSR count). The number of hydrogen-bond acceptors (Lipinski definition) is 3. The van der Waals surface area contributed by atoms with Gasteiger partial charge in [-0.05, 0) is 36.4 Å². The van der Waals surface area contributed by atoms with E-state index >= 15 is 0 Å². The number of thiocarbonyl (C=S) groups is 1. The standard InChI is InChI=1S/C15H11ClF3NO2S/c1-22-13-5-3-9(16)7-10(13)14(23)20-11-4-2-8(6-12(11)21)15(17,18)19/h2-7,21H,1H3,(H,20,23). The summed E-state index contributed by atoms with van der Waals surface area (Å²) in [6, 6.07) is 7.35. The lowest BCUT2D eigenvalue weighted by molar-refractivity contribution is -0.137. The molecule has 0 atom stereocenters. The van der Waals surface area contributed by atoms with Gasteiger partial charge < -0.3 is 15.2 Å². The molecule has 0 saturated heterocycles. The molecule has 0 aliphatic heterocycles. The summed E-state index contributed by atoms with van der Waals surface area (Å²) in [5.41, 5.74) is -0.453. The van der Waals surface area contributed by atoms with Gasteiger partial charge >= 0.3 is 6.18 Å². The average molecular weight is 362 g/mol. The summed E-state index contributed by atoms with van der Waals surface area (Å²) in [4.78, 5) is 0.152. The summed E-state index contributed by atoms with van der Waals surface area (Å²) in [6.45, 7) is 0. The van der Waals surface area contributed by atoms with Crippen LogP contribution >= 0.6 is 23.8 Å². The molecule has 0 fully saturated rings. The van der Waals surface area contributed by atoms with E-state index in [0.29, 0.717) is 22.4 Å². The van der Waals surface area contributed by atoms with Crippen molar-refractivity contribution in [3.8, 4) is 11.5 Å². The van der Waals surface area contributed by atoms with E-state index in [2.05, 4.69) is 5.32 Å². The lowest BCUT2D eigenvalue weighted by Crippen LogP contribution is -2.12. The first-order chi connectivity index (χ1) is 10.7. The molecule has 2 N–H and O–H groups in total. The number of phenolic OH excluding ortho intramolecular Hbond substituents is 1. The van der Waals surface area contributed by atoms with Gasteiger partial charge in [0.25, 0.3) is 0 Å². The van der Waals surface area contributed by atoms with Gasteiger partial charge in [0.1, 0.15) is 16.5 Å². The summed E-state index contributed by atoms with van der Waals surface area (Å²) in [6.07, 6.45) is -4.54. The zero-order valence-corrected chi connectivity index (χ0v) is 13.3. The molecule has 0 aliphatic rings. The molecule has 2 aromatic rings. The Hall–Kier alpha value is -1.99. The van der Waals surface area contributed by atoms with E-state index < -0.39 is 17.5 Å². The lowest BCUT2D eigenvalue weighted by atomic mass is 10.1. The maximum absolute atomic E-state index is 12.6. The Morgan fingerprint density at radius 3 is 2.48 bits per heavy atom. The Bertz CT molecular complexity index is 750. The summed E-state index contributed by atoms with van der Waals surface area (Å²) in [5.74, 6) is -0.124. The maximum Gasteiger partial charge on any atom is 0.416 e. The largest absolute Gasteiger partial charge is 0.506 e. The monoisotopic (exact) mass is 361 g/mol. The normalized spacial score (nSPS) is 11.2. The highest BCUT2D eigenvalue weighted by atomic mass is 35.5. The molecule has 0 radical (unpaired) electrons. The number of phenols is 1. The molecule has 0 heterocycles. The highest BCUT2D eigenvalue weighted by Crippen LogP contribution is 2.35. The smallest absolute Gasteiger partial charge is 0.416 e. The Balaban J connectivity index is 2.29. The maximum atomic E-state index is 12.6. The third kappa shape index (κ3) is 4.05. The number of methoxy groups -OCH3 is 1. The van der Waals surface area contributed by atoms with Crippen molar-refractivity contribution in [2.75, 3.05) is 12.4 Å². The Morgan fingerprint density at radius 2 is 1.91 bits per heavy atom. The third-order valence-corrected chi connectivity index (χ3v) is 3.54. The number of alkyl halides is 3. The number of aromatic hydroxyl groups is 1. The molecule has 0 amide bonds.